The third kappa shape index (κ3) is 5.42. The second-order valence-corrected chi connectivity index (χ2v) is 11.9. The van der Waals surface area contributed by atoms with E-state index in [0.29, 0.717) is 55.3 Å². The molecule has 12 heteroatoms. The molecule has 216 valence electrons. The van der Waals surface area contributed by atoms with Crippen LogP contribution in [0.15, 0.2) is 41.9 Å². The van der Waals surface area contributed by atoms with Crippen molar-refractivity contribution in [2.24, 2.45) is 5.41 Å². The van der Waals surface area contributed by atoms with Gasteiger partial charge in [0.2, 0.25) is 0 Å². The van der Waals surface area contributed by atoms with Gasteiger partial charge in [-0.25, -0.2) is 4.98 Å². The van der Waals surface area contributed by atoms with Gasteiger partial charge in [0.05, 0.1) is 11.3 Å². The maximum absolute atomic E-state index is 13.4. The van der Waals surface area contributed by atoms with E-state index in [2.05, 4.69) is 15.6 Å². The fraction of sp³-hybridized carbons (Fsp3) is 0.448. The number of amides is 2. The summed E-state index contributed by atoms with van der Waals surface area (Å²) in [6.07, 6.45) is -0.156. The molecule has 8 nitrogen and oxygen atoms in total. The van der Waals surface area contributed by atoms with Crippen molar-refractivity contribution in [1.82, 2.24) is 25.5 Å². The van der Waals surface area contributed by atoms with Crippen LogP contribution in [0.5, 0.6) is 5.75 Å². The number of aromatic nitrogens is 2. The average molecular weight is 586 g/mol. The lowest BCUT2D eigenvalue weighted by atomic mass is 9.61. The van der Waals surface area contributed by atoms with Gasteiger partial charge in [-0.1, -0.05) is 6.92 Å². The van der Waals surface area contributed by atoms with Gasteiger partial charge in [-0.2, -0.15) is 13.2 Å². The number of hydrogen-bond acceptors (Lipinski definition) is 7. The lowest BCUT2D eigenvalue weighted by molar-refractivity contribution is -0.135. The van der Waals surface area contributed by atoms with E-state index in [4.69, 9.17) is 9.72 Å². The van der Waals surface area contributed by atoms with E-state index >= 15 is 0 Å². The summed E-state index contributed by atoms with van der Waals surface area (Å²) in [4.78, 5) is 35.9. The third-order valence-electron chi connectivity index (χ3n) is 8.08. The zero-order valence-electron chi connectivity index (χ0n) is 22.5. The number of rotatable bonds is 7. The number of carbonyl (C=O) groups excluding carboxylic acids is 2. The van der Waals surface area contributed by atoms with Crippen LogP contribution in [0.2, 0.25) is 0 Å². The molecule has 0 aromatic carbocycles. The maximum Gasteiger partial charge on any atom is 0.426 e. The van der Waals surface area contributed by atoms with Crippen LogP contribution >= 0.6 is 11.3 Å². The van der Waals surface area contributed by atoms with Gasteiger partial charge in [0.25, 0.3) is 11.8 Å². The van der Waals surface area contributed by atoms with Crippen molar-refractivity contribution in [3.63, 3.8) is 0 Å². The lowest BCUT2D eigenvalue weighted by Crippen LogP contribution is -2.65. The van der Waals surface area contributed by atoms with Gasteiger partial charge in [-0.15, -0.1) is 11.3 Å². The van der Waals surface area contributed by atoms with Crippen molar-refractivity contribution in [3.8, 4) is 17.0 Å². The molecule has 1 spiro atoms. The Kier molecular flexibility index (Phi) is 7.23. The number of pyridine rings is 2. The topological polar surface area (TPSA) is 96.5 Å². The number of carbonyl (C=O) groups is 2. The van der Waals surface area contributed by atoms with E-state index < -0.39 is 17.0 Å². The monoisotopic (exact) mass is 585 g/mol. The Balaban J connectivity index is 1.14. The predicted molar refractivity (Wildman–Crippen MR) is 147 cm³/mol. The second-order valence-electron chi connectivity index (χ2n) is 11.0. The standard InChI is InChI=1S/C29H30F3N5O3S/c1-2-21-19(4-3-9-34-21)22-5-6-23(24(36-22)26(38)35-17-7-10-33-14-17)40-18-12-28(13-18)15-37(16-28)27(39)20-8-11-41-25(20)29(30,31)32/h3-6,8-9,11,17-18,33H,2,7,10,12-16H2,1H3,(H,35,38). The molecule has 3 aliphatic rings. The van der Waals surface area contributed by atoms with Crippen LogP contribution in [0.1, 0.15) is 57.6 Å². The minimum Gasteiger partial charge on any atom is -0.488 e. The van der Waals surface area contributed by atoms with Crippen LogP contribution in [0, 0.1) is 5.41 Å². The molecule has 2 N–H and O–H groups in total. The molecular formula is C29H30F3N5O3S. The first-order valence-electron chi connectivity index (χ1n) is 13.7. The van der Waals surface area contributed by atoms with E-state index in [1.807, 2.05) is 25.1 Å². The third-order valence-corrected chi connectivity index (χ3v) is 9.04. The molecule has 2 saturated heterocycles. The molecule has 1 unspecified atom stereocenters. The summed E-state index contributed by atoms with van der Waals surface area (Å²) in [5.74, 6) is -0.502. The molecule has 41 heavy (non-hydrogen) atoms. The van der Waals surface area contributed by atoms with E-state index in [1.54, 1.807) is 12.3 Å². The molecular weight excluding hydrogens is 555 g/mol. The molecule has 0 bridgehead atoms. The Bertz CT molecular complexity index is 1460. The number of aryl methyl sites for hydroxylation is 1. The summed E-state index contributed by atoms with van der Waals surface area (Å²) in [7, 11) is 0. The number of ether oxygens (including phenoxy) is 1. The molecule has 3 aromatic rings. The average Bonchev–Trinajstić information content (AvgIpc) is 3.61. The van der Waals surface area contributed by atoms with Crippen LogP contribution in [0.25, 0.3) is 11.3 Å². The number of halogens is 3. The molecule has 6 rings (SSSR count). The fourth-order valence-electron chi connectivity index (χ4n) is 6.04. The van der Waals surface area contributed by atoms with Crippen molar-refractivity contribution in [2.75, 3.05) is 26.2 Å². The molecule has 1 saturated carbocycles. The number of thiophene rings is 1. The number of likely N-dealkylation sites (tertiary alicyclic amines) is 1. The van der Waals surface area contributed by atoms with Gasteiger partial charge in [-0.05, 0) is 67.9 Å². The van der Waals surface area contributed by atoms with Gasteiger partial charge >= 0.3 is 6.18 Å². The second kappa shape index (κ2) is 10.7. The zero-order valence-corrected chi connectivity index (χ0v) is 23.3. The van der Waals surface area contributed by atoms with Gasteiger partial charge in [0.1, 0.15) is 11.0 Å². The summed E-state index contributed by atoms with van der Waals surface area (Å²) in [5, 5.41) is 7.59. The SMILES string of the molecule is CCc1ncccc1-c1ccc(OC2CC3(C2)CN(C(=O)c2ccsc2C(F)(F)F)C3)c(C(=O)NC2CCNC2)n1. The summed E-state index contributed by atoms with van der Waals surface area (Å²) < 4.78 is 46.1. The molecule has 3 fully saturated rings. The Labute approximate surface area is 239 Å². The quantitative estimate of drug-likeness (QED) is 0.422. The van der Waals surface area contributed by atoms with Crippen LogP contribution in [-0.4, -0.2) is 65.0 Å². The first-order chi connectivity index (χ1) is 19.7. The lowest BCUT2D eigenvalue weighted by Gasteiger charge is -2.58. The van der Waals surface area contributed by atoms with E-state index in [0.717, 1.165) is 30.6 Å². The summed E-state index contributed by atoms with van der Waals surface area (Å²) >= 11 is 0.535. The van der Waals surface area contributed by atoms with Crippen LogP contribution in [0.4, 0.5) is 13.2 Å². The van der Waals surface area contributed by atoms with E-state index in [9.17, 15) is 22.8 Å². The van der Waals surface area contributed by atoms with Gasteiger partial charge in [0, 0.05) is 48.5 Å². The zero-order chi connectivity index (χ0) is 28.8. The van der Waals surface area contributed by atoms with Crippen molar-refractivity contribution < 1.29 is 27.5 Å². The molecule has 0 radical (unpaired) electrons. The minimum atomic E-state index is -4.55. The highest BCUT2D eigenvalue weighted by Gasteiger charge is 2.55. The van der Waals surface area contributed by atoms with Crippen LogP contribution < -0.4 is 15.4 Å². The maximum atomic E-state index is 13.4. The Morgan fingerprint density at radius 2 is 2.02 bits per heavy atom. The van der Waals surface area contributed by atoms with Gasteiger partial charge < -0.3 is 20.3 Å². The highest BCUT2D eigenvalue weighted by Crippen LogP contribution is 2.50. The first kappa shape index (κ1) is 27.6. The minimum absolute atomic E-state index is 0.0111. The van der Waals surface area contributed by atoms with Gasteiger partial charge in [-0.3, -0.25) is 14.6 Å². The van der Waals surface area contributed by atoms with Crippen LogP contribution in [-0.2, 0) is 12.6 Å². The van der Waals surface area contributed by atoms with Crippen molar-refractivity contribution >= 4 is 23.2 Å². The van der Waals surface area contributed by atoms with Gasteiger partial charge in [0.15, 0.2) is 11.4 Å². The highest BCUT2D eigenvalue weighted by atomic mass is 32.1. The molecule has 3 aromatic heterocycles. The van der Waals surface area contributed by atoms with Crippen LogP contribution in [0.3, 0.4) is 0 Å². The van der Waals surface area contributed by atoms with E-state index in [1.165, 1.54) is 16.3 Å². The van der Waals surface area contributed by atoms with Crippen molar-refractivity contribution in [3.05, 3.63) is 63.7 Å². The summed E-state index contributed by atoms with van der Waals surface area (Å²) in [5.41, 5.74) is 2.13. The first-order valence-corrected chi connectivity index (χ1v) is 14.6. The summed E-state index contributed by atoms with van der Waals surface area (Å²) in [6.45, 7) is 4.32. The molecule has 1 aliphatic carbocycles. The number of nitrogens with zero attached hydrogens (tertiary/aromatic N) is 3. The van der Waals surface area contributed by atoms with Crippen molar-refractivity contribution in [2.45, 2.75) is 50.9 Å². The fourth-order valence-corrected chi connectivity index (χ4v) is 6.80. The van der Waals surface area contributed by atoms with Crippen molar-refractivity contribution in [1.29, 1.82) is 0 Å². The number of hydrogen-bond donors (Lipinski definition) is 2. The number of alkyl halides is 3. The molecule has 5 heterocycles. The normalized spacial score (nSPS) is 20.0. The number of nitrogens with one attached hydrogen (secondary N) is 2. The molecule has 1 atom stereocenters. The largest absolute Gasteiger partial charge is 0.488 e. The Hall–Kier alpha value is -3.51. The Morgan fingerprint density at radius 1 is 1.22 bits per heavy atom. The molecule has 2 aliphatic heterocycles. The predicted octanol–water partition coefficient (Wildman–Crippen LogP) is 4.56. The molecule has 2 amide bonds. The van der Waals surface area contributed by atoms with E-state index in [-0.39, 0.29) is 34.7 Å². The summed E-state index contributed by atoms with van der Waals surface area (Å²) in [6, 6.07) is 8.63. The smallest absolute Gasteiger partial charge is 0.426 e. The Morgan fingerprint density at radius 3 is 2.73 bits per heavy atom. The highest BCUT2D eigenvalue weighted by molar-refractivity contribution is 7.10.